The van der Waals surface area contributed by atoms with E-state index >= 15 is 0 Å². The Morgan fingerprint density at radius 1 is 1.39 bits per heavy atom. The molecule has 0 aromatic rings. The molecule has 2 N–H and O–H groups in total. The van der Waals surface area contributed by atoms with Gasteiger partial charge in [-0.3, -0.25) is 0 Å². The van der Waals surface area contributed by atoms with Crippen LogP contribution >= 0.6 is 0 Å². The Balaban J connectivity index is 1.61. The molecule has 1 heterocycles. The van der Waals surface area contributed by atoms with Gasteiger partial charge in [0.25, 0.3) is 0 Å². The van der Waals surface area contributed by atoms with Crippen molar-refractivity contribution >= 4 is 0 Å². The summed E-state index contributed by atoms with van der Waals surface area (Å²) in [6.45, 7) is 4.39. The first-order valence-electron chi connectivity index (χ1n) is 7.43. The van der Waals surface area contributed by atoms with Crippen LogP contribution in [0.2, 0.25) is 0 Å². The van der Waals surface area contributed by atoms with Crippen LogP contribution in [0.15, 0.2) is 0 Å². The number of rotatable bonds is 6. The molecule has 2 fully saturated rings. The molecule has 18 heavy (non-hydrogen) atoms. The molecule has 2 unspecified atom stereocenters. The van der Waals surface area contributed by atoms with Gasteiger partial charge in [0.1, 0.15) is 0 Å². The number of aliphatic hydroxyl groups is 1. The maximum absolute atomic E-state index is 10.1. The second-order valence-corrected chi connectivity index (χ2v) is 5.96. The van der Waals surface area contributed by atoms with E-state index in [1.807, 2.05) is 0 Å². The largest absolute Gasteiger partial charge is 0.392 e. The van der Waals surface area contributed by atoms with Crippen LogP contribution in [0, 0.1) is 5.92 Å². The number of hydrogen-bond acceptors (Lipinski definition) is 4. The Labute approximate surface area is 111 Å². The van der Waals surface area contributed by atoms with Gasteiger partial charge in [-0.25, -0.2) is 0 Å². The SMILES string of the molecule is CN(CC(O)CC1CCCC1)CC1CNCCO1. The van der Waals surface area contributed by atoms with Gasteiger partial charge in [-0.05, 0) is 19.4 Å². The van der Waals surface area contributed by atoms with E-state index in [2.05, 4.69) is 17.3 Å². The van der Waals surface area contributed by atoms with E-state index in [4.69, 9.17) is 4.74 Å². The highest BCUT2D eigenvalue weighted by Crippen LogP contribution is 2.28. The van der Waals surface area contributed by atoms with Gasteiger partial charge in [-0.2, -0.15) is 0 Å². The molecule has 4 nitrogen and oxygen atoms in total. The summed E-state index contributed by atoms with van der Waals surface area (Å²) in [4.78, 5) is 2.21. The molecule has 1 saturated heterocycles. The van der Waals surface area contributed by atoms with Crippen molar-refractivity contribution in [1.29, 1.82) is 0 Å². The number of morpholine rings is 1. The number of hydrogen-bond donors (Lipinski definition) is 2. The lowest BCUT2D eigenvalue weighted by molar-refractivity contribution is 0.00106. The molecule has 1 saturated carbocycles. The molecule has 0 radical (unpaired) electrons. The third-order valence-corrected chi connectivity index (χ3v) is 4.12. The zero-order chi connectivity index (χ0) is 12.8. The van der Waals surface area contributed by atoms with Crippen LogP contribution in [0.4, 0.5) is 0 Å². The van der Waals surface area contributed by atoms with Crippen molar-refractivity contribution in [2.24, 2.45) is 5.92 Å². The van der Waals surface area contributed by atoms with Gasteiger partial charge in [0, 0.05) is 26.2 Å². The average molecular weight is 256 g/mol. The number of likely N-dealkylation sites (N-methyl/N-ethyl adjacent to an activating group) is 1. The summed E-state index contributed by atoms with van der Waals surface area (Å²) >= 11 is 0. The quantitative estimate of drug-likeness (QED) is 0.739. The van der Waals surface area contributed by atoms with Crippen LogP contribution in [0.3, 0.4) is 0 Å². The fourth-order valence-electron chi connectivity index (χ4n) is 3.22. The number of nitrogens with one attached hydrogen (secondary N) is 1. The van der Waals surface area contributed by atoms with Crippen molar-refractivity contribution in [3.8, 4) is 0 Å². The van der Waals surface area contributed by atoms with Crippen LogP contribution in [-0.2, 0) is 4.74 Å². The molecule has 1 aliphatic heterocycles. The number of aliphatic hydroxyl groups excluding tert-OH is 1. The summed E-state index contributed by atoms with van der Waals surface area (Å²) in [5.41, 5.74) is 0. The third-order valence-electron chi connectivity index (χ3n) is 4.12. The molecule has 2 rings (SSSR count). The number of nitrogens with zero attached hydrogens (tertiary/aromatic N) is 1. The Morgan fingerprint density at radius 3 is 2.83 bits per heavy atom. The Kier molecular flexibility index (Phi) is 5.89. The van der Waals surface area contributed by atoms with E-state index in [0.717, 1.165) is 45.1 Å². The first-order valence-corrected chi connectivity index (χ1v) is 7.43. The monoisotopic (exact) mass is 256 g/mol. The molecule has 0 spiro atoms. The Bertz CT molecular complexity index is 226. The maximum atomic E-state index is 10.1. The highest BCUT2D eigenvalue weighted by Gasteiger charge is 2.21. The molecule has 106 valence electrons. The molecule has 0 aromatic carbocycles. The van der Waals surface area contributed by atoms with Crippen molar-refractivity contribution in [2.75, 3.05) is 39.8 Å². The van der Waals surface area contributed by atoms with Gasteiger partial charge in [-0.1, -0.05) is 25.7 Å². The molecule has 0 aromatic heterocycles. The normalized spacial score (nSPS) is 27.8. The van der Waals surface area contributed by atoms with Crippen LogP contribution in [0.25, 0.3) is 0 Å². The first kappa shape index (κ1) is 14.3. The predicted octanol–water partition coefficient (Wildman–Crippen LogP) is 0.848. The fraction of sp³-hybridized carbons (Fsp3) is 1.00. The lowest BCUT2D eigenvalue weighted by atomic mass is 10.00. The molecule has 0 bridgehead atoms. The fourth-order valence-corrected chi connectivity index (χ4v) is 3.22. The standard InChI is InChI=1S/C14H28N2O2/c1-16(11-14-9-15-6-7-18-14)10-13(17)8-12-4-2-3-5-12/h12-15,17H,2-11H2,1H3. The van der Waals surface area contributed by atoms with Gasteiger partial charge >= 0.3 is 0 Å². The van der Waals surface area contributed by atoms with E-state index in [9.17, 15) is 5.11 Å². The topological polar surface area (TPSA) is 44.7 Å². The minimum Gasteiger partial charge on any atom is -0.392 e. The van der Waals surface area contributed by atoms with Gasteiger partial charge in [0.15, 0.2) is 0 Å². The number of ether oxygens (including phenoxy) is 1. The van der Waals surface area contributed by atoms with Gasteiger partial charge in [0.05, 0.1) is 18.8 Å². The Morgan fingerprint density at radius 2 is 2.17 bits per heavy atom. The lowest BCUT2D eigenvalue weighted by Crippen LogP contribution is -2.45. The van der Waals surface area contributed by atoms with E-state index in [1.54, 1.807) is 0 Å². The molecular formula is C14H28N2O2. The van der Waals surface area contributed by atoms with Gasteiger partial charge in [0.2, 0.25) is 0 Å². The molecule has 2 atom stereocenters. The molecule has 1 aliphatic carbocycles. The maximum Gasteiger partial charge on any atom is 0.0826 e. The lowest BCUT2D eigenvalue weighted by Gasteiger charge is -2.29. The summed E-state index contributed by atoms with van der Waals surface area (Å²) in [5.74, 6) is 0.765. The summed E-state index contributed by atoms with van der Waals surface area (Å²) in [7, 11) is 2.08. The van der Waals surface area contributed by atoms with Gasteiger partial charge < -0.3 is 20.1 Å². The Hall–Kier alpha value is -0.160. The summed E-state index contributed by atoms with van der Waals surface area (Å²) in [6, 6.07) is 0. The smallest absolute Gasteiger partial charge is 0.0826 e. The van der Waals surface area contributed by atoms with E-state index in [0.29, 0.717) is 0 Å². The predicted molar refractivity (Wildman–Crippen MR) is 72.7 cm³/mol. The van der Waals surface area contributed by atoms with Crippen molar-refractivity contribution in [2.45, 2.75) is 44.3 Å². The summed E-state index contributed by atoms with van der Waals surface area (Å²) in [6.07, 6.45) is 6.43. The van der Waals surface area contributed by atoms with Crippen LogP contribution in [0.1, 0.15) is 32.1 Å². The highest BCUT2D eigenvalue weighted by molar-refractivity contribution is 4.75. The minimum absolute atomic E-state index is 0.172. The van der Waals surface area contributed by atoms with Crippen LogP contribution < -0.4 is 5.32 Å². The summed E-state index contributed by atoms with van der Waals surface area (Å²) < 4.78 is 5.68. The average Bonchev–Trinajstić information content (AvgIpc) is 2.82. The van der Waals surface area contributed by atoms with Crippen LogP contribution in [0.5, 0.6) is 0 Å². The van der Waals surface area contributed by atoms with E-state index in [1.165, 1.54) is 25.7 Å². The molecule has 4 heteroatoms. The van der Waals surface area contributed by atoms with Crippen LogP contribution in [-0.4, -0.2) is 62.0 Å². The van der Waals surface area contributed by atoms with E-state index < -0.39 is 0 Å². The molecule has 0 amide bonds. The second kappa shape index (κ2) is 7.43. The highest BCUT2D eigenvalue weighted by atomic mass is 16.5. The third kappa shape index (κ3) is 4.84. The zero-order valence-corrected chi connectivity index (χ0v) is 11.6. The zero-order valence-electron chi connectivity index (χ0n) is 11.6. The molecule has 2 aliphatic rings. The van der Waals surface area contributed by atoms with Crippen molar-refractivity contribution in [1.82, 2.24) is 10.2 Å². The first-order chi connectivity index (χ1) is 8.74. The second-order valence-electron chi connectivity index (χ2n) is 5.96. The van der Waals surface area contributed by atoms with Gasteiger partial charge in [-0.15, -0.1) is 0 Å². The molecular weight excluding hydrogens is 228 g/mol. The van der Waals surface area contributed by atoms with Crippen molar-refractivity contribution in [3.63, 3.8) is 0 Å². The summed E-state index contributed by atoms with van der Waals surface area (Å²) in [5, 5.41) is 13.4. The minimum atomic E-state index is -0.172. The van der Waals surface area contributed by atoms with Crippen molar-refractivity contribution in [3.05, 3.63) is 0 Å². The van der Waals surface area contributed by atoms with Crippen molar-refractivity contribution < 1.29 is 9.84 Å². The van der Waals surface area contributed by atoms with E-state index in [-0.39, 0.29) is 12.2 Å².